The van der Waals surface area contributed by atoms with Crippen LogP contribution in [0.1, 0.15) is 24.2 Å². The lowest BCUT2D eigenvalue weighted by Gasteiger charge is -2.18. The van der Waals surface area contributed by atoms with E-state index in [4.69, 9.17) is 0 Å². The molecule has 0 amide bonds. The number of hydrogen-bond donors (Lipinski definition) is 2. The van der Waals surface area contributed by atoms with Crippen LogP contribution in [0.25, 0.3) is 11.1 Å². The minimum Gasteiger partial charge on any atom is -0.478 e. The second-order valence-corrected chi connectivity index (χ2v) is 7.22. The topological polar surface area (TPSA) is 83.3 Å². The molecule has 0 aliphatic carbocycles. The Labute approximate surface area is 164 Å². The van der Waals surface area contributed by atoms with Crippen molar-refractivity contribution >= 4 is 17.5 Å². The average Bonchev–Trinajstić information content (AvgIpc) is 3.04. The molecule has 3 aromatic rings. The molecule has 0 radical (unpaired) electrons. The highest BCUT2D eigenvalue weighted by molar-refractivity contribution is 5.95. The second kappa shape index (κ2) is 8.67. The Kier molecular flexibility index (Phi) is 6.06. The lowest BCUT2D eigenvalue weighted by atomic mass is 10.1. The van der Waals surface area contributed by atoms with Crippen molar-refractivity contribution in [3.8, 4) is 11.1 Å². The molecule has 0 saturated heterocycles. The third-order valence-corrected chi connectivity index (χ3v) is 4.21. The average molecular weight is 379 g/mol. The van der Waals surface area contributed by atoms with Gasteiger partial charge in [-0.05, 0) is 24.6 Å². The molecule has 0 atom stereocenters. The molecule has 7 nitrogen and oxygen atoms in total. The molecule has 2 N–H and O–H groups in total. The summed E-state index contributed by atoms with van der Waals surface area (Å²) in [5.74, 6) is 0.141. The van der Waals surface area contributed by atoms with Crippen LogP contribution < -0.4 is 5.32 Å². The summed E-state index contributed by atoms with van der Waals surface area (Å²) < 4.78 is 1.86. The van der Waals surface area contributed by atoms with Gasteiger partial charge in [-0.1, -0.05) is 44.2 Å². The quantitative estimate of drug-likeness (QED) is 0.617. The van der Waals surface area contributed by atoms with Gasteiger partial charge in [-0.3, -0.25) is 14.6 Å². The van der Waals surface area contributed by atoms with Crippen LogP contribution >= 0.6 is 0 Å². The summed E-state index contributed by atoms with van der Waals surface area (Å²) in [6, 6.07) is 11.4. The number of aromatic nitrogens is 3. The summed E-state index contributed by atoms with van der Waals surface area (Å²) in [6.07, 6.45) is 4.94. The van der Waals surface area contributed by atoms with Crippen molar-refractivity contribution in [2.75, 3.05) is 18.9 Å². The molecule has 3 rings (SSSR count). The van der Waals surface area contributed by atoms with Crippen molar-refractivity contribution in [2.24, 2.45) is 5.92 Å². The molecular weight excluding hydrogens is 354 g/mol. The minimum atomic E-state index is -1.01. The SMILES string of the molecule is CC(C)CN(C)Cn1cc(-c2ccccc2)c(Nc2cnccc2C(=O)O)n1. The predicted octanol–water partition coefficient (Wildman–Crippen LogP) is 3.93. The molecule has 2 aromatic heterocycles. The van der Waals surface area contributed by atoms with Gasteiger partial charge in [-0.25, -0.2) is 4.79 Å². The van der Waals surface area contributed by atoms with Gasteiger partial charge in [0.05, 0.1) is 24.1 Å². The molecule has 0 fully saturated rings. The number of benzene rings is 1. The second-order valence-electron chi connectivity index (χ2n) is 7.22. The predicted molar refractivity (Wildman–Crippen MR) is 110 cm³/mol. The number of nitrogens with one attached hydrogen (secondary N) is 1. The summed E-state index contributed by atoms with van der Waals surface area (Å²) in [7, 11) is 2.06. The molecule has 0 spiro atoms. The Hall–Kier alpha value is -3.19. The monoisotopic (exact) mass is 379 g/mol. The van der Waals surface area contributed by atoms with Crippen LogP contribution in [-0.2, 0) is 6.67 Å². The summed E-state index contributed by atoms with van der Waals surface area (Å²) in [5.41, 5.74) is 2.47. The number of anilines is 2. The highest BCUT2D eigenvalue weighted by Gasteiger charge is 2.16. The van der Waals surface area contributed by atoms with E-state index >= 15 is 0 Å². The number of pyridine rings is 1. The highest BCUT2D eigenvalue weighted by Crippen LogP contribution is 2.30. The van der Waals surface area contributed by atoms with Crippen LogP contribution in [0.3, 0.4) is 0 Å². The maximum atomic E-state index is 11.5. The van der Waals surface area contributed by atoms with E-state index in [-0.39, 0.29) is 5.56 Å². The first-order chi connectivity index (χ1) is 13.4. The number of carbonyl (C=O) groups is 1. The number of carboxylic acid groups (broad SMARTS) is 1. The molecular formula is C21H25N5O2. The molecule has 0 aliphatic rings. The van der Waals surface area contributed by atoms with E-state index in [1.54, 1.807) is 0 Å². The Bertz CT molecular complexity index is 937. The van der Waals surface area contributed by atoms with E-state index in [0.717, 1.165) is 17.7 Å². The number of rotatable bonds is 8. The summed E-state index contributed by atoms with van der Waals surface area (Å²) in [5, 5.41) is 17.3. The molecule has 1 aromatic carbocycles. The Morgan fingerprint density at radius 1 is 1.25 bits per heavy atom. The number of nitrogens with zero attached hydrogens (tertiary/aromatic N) is 4. The van der Waals surface area contributed by atoms with Gasteiger partial charge in [0.1, 0.15) is 0 Å². The van der Waals surface area contributed by atoms with Crippen LogP contribution in [0, 0.1) is 5.92 Å². The van der Waals surface area contributed by atoms with Crippen molar-refractivity contribution in [1.29, 1.82) is 0 Å². The van der Waals surface area contributed by atoms with E-state index in [2.05, 4.69) is 41.2 Å². The maximum absolute atomic E-state index is 11.5. The van der Waals surface area contributed by atoms with Gasteiger partial charge in [-0.15, -0.1) is 0 Å². The molecule has 0 saturated carbocycles. The summed E-state index contributed by atoms with van der Waals surface area (Å²) in [4.78, 5) is 17.8. The van der Waals surface area contributed by atoms with Gasteiger partial charge in [0.15, 0.2) is 5.82 Å². The van der Waals surface area contributed by atoms with Crippen molar-refractivity contribution in [2.45, 2.75) is 20.5 Å². The van der Waals surface area contributed by atoms with E-state index in [0.29, 0.717) is 24.1 Å². The molecule has 2 heterocycles. The third-order valence-electron chi connectivity index (χ3n) is 4.21. The first-order valence-electron chi connectivity index (χ1n) is 9.19. The maximum Gasteiger partial charge on any atom is 0.337 e. The zero-order chi connectivity index (χ0) is 20.1. The van der Waals surface area contributed by atoms with Gasteiger partial charge in [0.2, 0.25) is 0 Å². The number of carboxylic acids is 1. The molecule has 7 heteroatoms. The molecule has 146 valence electrons. The lowest BCUT2D eigenvalue weighted by molar-refractivity contribution is 0.0698. The smallest absolute Gasteiger partial charge is 0.337 e. The summed E-state index contributed by atoms with van der Waals surface area (Å²) >= 11 is 0. The molecule has 0 bridgehead atoms. The fourth-order valence-corrected chi connectivity index (χ4v) is 3.15. The van der Waals surface area contributed by atoms with Crippen molar-refractivity contribution in [1.82, 2.24) is 19.7 Å². The first kappa shape index (κ1) is 19.6. The fourth-order valence-electron chi connectivity index (χ4n) is 3.15. The van der Waals surface area contributed by atoms with Gasteiger partial charge in [0.25, 0.3) is 0 Å². The standard InChI is InChI=1S/C21H25N5O2/c1-15(2)12-25(3)14-26-13-18(16-7-5-4-6-8-16)20(24-26)23-19-11-22-10-9-17(19)21(27)28/h4-11,13,15H,12,14H2,1-3H3,(H,23,24)(H,27,28). The largest absolute Gasteiger partial charge is 0.478 e. The molecule has 0 unspecified atom stereocenters. The number of hydrogen-bond acceptors (Lipinski definition) is 5. The Morgan fingerprint density at radius 3 is 2.68 bits per heavy atom. The zero-order valence-electron chi connectivity index (χ0n) is 16.3. The van der Waals surface area contributed by atoms with Crippen LogP contribution in [0.4, 0.5) is 11.5 Å². The van der Waals surface area contributed by atoms with Crippen molar-refractivity contribution in [3.63, 3.8) is 0 Å². The molecule has 0 aliphatic heterocycles. The van der Waals surface area contributed by atoms with Gasteiger partial charge in [-0.2, -0.15) is 5.10 Å². The highest BCUT2D eigenvalue weighted by atomic mass is 16.4. The Balaban J connectivity index is 1.96. The van der Waals surface area contributed by atoms with Crippen molar-refractivity contribution < 1.29 is 9.90 Å². The van der Waals surface area contributed by atoms with Crippen molar-refractivity contribution in [3.05, 3.63) is 60.6 Å². The molecule has 28 heavy (non-hydrogen) atoms. The van der Waals surface area contributed by atoms with Gasteiger partial charge < -0.3 is 10.4 Å². The normalized spacial score (nSPS) is 11.2. The first-order valence-corrected chi connectivity index (χ1v) is 9.19. The van der Waals surface area contributed by atoms with E-state index < -0.39 is 5.97 Å². The van der Waals surface area contributed by atoms with Crippen LogP contribution in [0.5, 0.6) is 0 Å². The third kappa shape index (κ3) is 4.75. The summed E-state index contributed by atoms with van der Waals surface area (Å²) in [6.45, 7) is 5.95. The van der Waals surface area contributed by atoms with Gasteiger partial charge in [0, 0.05) is 24.5 Å². The van der Waals surface area contributed by atoms with Crippen LogP contribution in [0.15, 0.2) is 55.0 Å². The number of aromatic carboxylic acids is 1. The van der Waals surface area contributed by atoms with E-state index in [9.17, 15) is 9.90 Å². The lowest BCUT2D eigenvalue weighted by Crippen LogP contribution is -2.26. The fraction of sp³-hybridized carbons (Fsp3) is 0.286. The van der Waals surface area contributed by atoms with Crippen LogP contribution in [-0.4, -0.2) is 44.3 Å². The van der Waals surface area contributed by atoms with E-state index in [1.165, 1.54) is 18.5 Å². The van der Waals surface area contributed by atoms with E-state index in [1.807, 2.05) is 41.2 Å². The zero-order valence-corrected chi connectivity index (χ0v) is 16.3. The Morgan fingerprint density at radius 2 is 2.00 bits per heavy atom. The minimum absolute atomic E-state index is 0.153. The van der Waals surface area contributed by atoms with Gasteiger partial charge >= 0.3 is 5.97 Å². The van der Waals surface area contributed by atoms with Crippen LogP contribution in [0.2, 0.25) is 0 Å².